The Bertz CT molecular complexity index is 1320. The van der Waals surface area contributed by atoms with E-state index in [0.717, 1.165) is 33.8 Å². The van der Waals surface area contributed by atoms with E-state index in [4.69, 9.17) is 18.7 Å². The van der Waals surface area contributed by atoms with Crippen LogP contribution >= 0.6 is 7.37 Å². The molecule has 0 N–H and O–H groups in total. The minimum absolute atomic E-state index is 0.103. The van der Waals surface area contributed by atoms with Gasteiger partial charge in [0, 0.05) is 19.9 Å². The largest absolute Gasteiger partial charge is 0.497 e. The monoisotopic (exact) mass is 564 g/mol. The Morgan fingerprint density at radius 1 is 0.950 bits per heavy atom. The molecule has 0 spiro atoms. The van der Waals surface area contributed by atoms with E-state index in [0.29, 0.717) is 25.3 Å². The molecule has 6 heteroatoms. The Labute approximate surface area is 240 Å². The van der Waals surface area contributed by atoms with Gasteiger partial charge in [-0.1, -0.05) is 57.2 Å². The third-order valence-electron chi connectivity index (χ3n) is 7.61. The van der Waals surface area contributed by atoms with E-state index < -0.39 is 7.37 Å². The molecule has 4 rings (SSSR count). The topological polar surface area (TPSA) is 54.0 Å². The molecule has 5 nitrogen and oxygen atoms in total. The molecule has 3 aromatic carbocycles. The molecule has 1 saturated carbocycles. The molecule has 1 aliphatic carbocycles. The van der Waals surface area contributed by atoms with Crippen molar-refractivity contribution in [3.8, 4) is 22.6 Å². The zero-order valence-electron chi connectivity index (χ0n) is 25.1. The van der Waals surface area contributed by atoms with Crippen molar-refractivity contribution >= 4 is 7.37 Å². The maximum absolute atomic E-state index is 13.0. The van der Waals surface area contributed by atoms with Crippen molar-refractivity contribution in [2.45, 2.75) is 59.2 Å². The Morgan fingerprint density at radius 3 is 2.33 bits per heavy atom. The Kier molecular flexibility index (Phi) is 9.82. The average molecular weight is 565 g/mol. The van der Waals surface area contributed by atoms with Crippen LogP contribution < -0.4 is 9.47 Å². The first kappa shape index (κ1) is 30.4. The second-order valence-electron chi connectivity index (χ2n) is 12.1. The van der Waals surface area contributed by atoms with E-state index in [2.05, 4.69) is 63.2 Å². The van der Waals surface area contributed by atoms with Crippen LogP contribution in [-0.4, -0.2) is 33.7 Å². The van der Waals surface area contributed by atoms with E-state index >= 15 is 0 Å². The highest BCUT2D eigenvalue weighted by molar-refractivity contribution is 7.58. The van der Waals surface area contributed by atoms with Gasteiger partial charge in [0.05, 0.1) is 19.8 Å². The molecule has 1 unspecified atom stereocenters. The number of ether oxygens (including phenoxy) is 3. The molecule has 0 aromatic heterocycles. The Balaban J connectivity index is 1.59. The third kappa shape index (κ3) is 7.78. The van der Waals surface area contributed by atoms with Crippen LogP contribution in [0.2, 0.25) is 0 Å². The van der Waals surface area contributed by atoms with E-state index in [1.165, 1.54) is 18.4 Å². The molecular formula is C34H45O5P. The van der Waals surface area contributed by atoms with Gasteiger partial charge in [-0.25, -0.2) is 0 Å². The van der Waals surface area contributed by atoms with Gasteiger partial charge in [-0.3, -0.25) is 4.57 Å². The molecule has 216 valence electrons. The van der Waals surface area contributed by atoms with Crippen LogP contribution in [0.25, 0.3) is 11.1 Å². The van der Waals surface area contributed by atoms with Crippen molar-refractivity contribution in [1.29, 1.82) is 0 Å². The summed E-state index contributed by atoms with van der Waals surface area (Å²) in [4.78, 5) is 0. The summed E-state index contributed by atoms with van der Waals surface area (Å²) < 4.78 is 36.5. The number of hydrogen-bond donors (Lipinski definition) is 0. The van der Waals surface area contributed by atoms with E-state index in [1.54, 1.807) is 20.9 Å². The van der Waals surface area contributed by atoms with Gasteiger partial charge in [0.15, 0.2) is 0 Å². The predicted octanol–water partition coefficient (Wildman–Crippen LogP) is 9.11. The number of rotatable bonds is 13. The van der Waals surface area contributed by atoms with Crippen LogP contribution in [0, 0.1) is 11.3 Å². The van der Waals surface area contributed by atoms with Gasteiger partial charge < -0.3 is 18.7 Å². The van der Waals surface area contributed by atoms with Crippen molar-refractivity contribution in [1.82, 2.24) is 0 Å². The highest BCUT2D eigenvalue weighted by Crippen LogP contribution is 2.53. The maximum Gasteiger partial charge on any atom is 0.200 e. The van der Waals surface area contributed by atoms with Crippen LogP contribution in [-0.2, 0) is 20.4 Å². The predicted molar refractivity (Wildman–Crippen MR) is 164 cm³/mol. The summed E-state index contributed by atoms with van der Waals surface area (Å²) in [6.07, 6.45) is 2.83. The summed E-state index contributed by atoms with van der Waals surface area (Å²) in [6.45, 7) is 11.2. The molecule has 1 fully saturated rings. The summed E-state index contributed by atoms with van der Waals surface area (Å²) in [5.74, 6) is 2.45. The second kappa shape index (κ2) is 12.9. The molecule has 0 saturated heterocycles. The zero-order chi connectivity index (χ0) is 28.9. The lowest BCUT2D eigenvalue weighted by molar-refractivity contribution is 0.0155. The van der Waals surface area contributed by atoms with E-state index in [9.17, 15) is 4.57 Å². The van der Waals surface area contributed by atoms with Crippen LogP contribution in [0.3, 0.4) is 0 Å². The van der Waals surface area contributed by atoms with Gasteiger partial charge in [-0.2, -0.15) is 0 Å². The fraction of sp³-hybridized carbons (Fsp3) is 0.471. The quantitative estimate of drug-likeness (QED) is 0.194. The summed E-state index contributed by atoms with van der Waals surface area (Å²) in [7, 11) is 0.830. The number of benzene rings is 3. The molecule has 1 aliphatic rings. The zero-order valence-corrected chi connectivity index (χ0v) is 26.0. The lowest BCUT2D eigenvalue weighted by atomic mass is 9.81. The maximum atomic E-state index is 13.0. The molecule has 0 aliphatic heterocycles. The van der Waals surface area contributed by atoms with Crippen molar-refractivity contribution in [2.24, 2.45) is 11.3 Å². The van der Waals surface area contributed by atoms with Crippen LogP contribution in [0.15, 0.2) is 66.7 Å². The van der Waals surface area contributed by atoms with Crippen LogP contribution in [0.4, 0.5) is 0 Å². The van der Waals surface area contributed by atoms with Crippen molar-refractivity contribution < 1.29 is 23.3 Å². The summed E-state index contributed by atoms with van der Waals surface area (Å²) in [5.41, 5.74) is 5.49. The molecule has 3 atom stereocenters. The van der Waals surface area contributed by atoms with Crippen LogP contribution in [0.1, 0.15) is 69.2 Å². The third-order valence-corrected chi connectivity index (χ3v) is 9.48. The molecule has 40 heavy (non-hydrogen) atoms. The Hall–Kier alpha value is -2.59. The first-order valence-electron chi connectivity index (χ1n) is 14.3. The normalized spacial score (nSPS) is 16.7. The standard InChI is InChI=1S/C34H45O5P/c1-8-39-40(7,35)23-32(25-16-17-25)27-12-10-14-29(21-27)38-22-24-15-18-30(26-11-9-13-28(20-26)36-5)31(19-24)33(37-6)34(2,3)4/h9-15,18-21,25,32-33H,8,16-17,22-23H2,1-7H3/t32-,33+,40?/m0/s1. The number of hydrogen-bond acceptors (Lipinski definition) is 5. The molecule has 0 heterocycles. The fourth-order valence-electron chi connectivity index (χ4n) is 5.63. The summed E-state index contributed by atoms with van der Waals surface area (Å²) in [6, 6.07) is 22.9. The van der Waals surface area contributed by atoms with Gasteiger partial charge in [-0.05, 0) is 95.2 Å². The molecule has 0 bridgehead atoms. The van der Waals surface area contributed by atoms with Crippen LogP contribution in [0.5, 0.6) is 11.5 Å². The van der Waals surface area contributed by atoms with E-state index in [1.807, 2.05) is 31.2 Å². The van der Waals surface area contributed by atoms with Gasteiger partial charge in [-0.15, -0.1) is 0 Å². The van der Waals surface area contributed by atoms with E-state index in [-0.39, 0.29) is 17.4 Å². The van der Waals surface area contributed by atoms with Gasteiger partial charge in [0.25, 0.3) is 0 Å². The van der Waals surface area contributed by atoms with Gasteiger partial charge in [0.2, 0.25) is 7.37 Å². The molecular weight excluding hydrogens is 519 g/mol. The first-order chi connectivity index (χ1) is 19.0. The molecule has 0 amide bonds. The molecule has 0 radical (unpaired) electrons. The lowest BCUT2D eigenvalue weighted by Crippen LogP contribution is -2.21. The fourth-order valence-corrected chi connectivity index (χ4v) is 7.50. The lowest BCUT2D eigenvalue weighted by Gasteiger charge is -2.32. The highest BCUT2D eigenvalue weighted by atomic mass is 31.2. The smallest absolute Gasteiger partial charge is 0.200 e. The molecule has 3 aromatic rings. The summed E-state index contributed by atoms with van der Waals surface area (Å²) in [5, 5.41) is 0. The highest BCUT2D eigenvalue weighted by Gasteiger charge is 2.36. The second-order valence-corrected chi connectivity index (χ2v) is 14.7. The summed E-state index contributed by atoms with van der Waals surface area (Å²) >= 11 is 0. The SMILES string of the molecule is CCOP(C)(=O)C[C@H](c1cccc(OCc2ccc(-c3cccc(OC)c3)c([C@@H](OC)C(C)(C)C)c2)c1)C1CC1. The van der Waals surface area contributed by atoms with Crippen molar-refractivity contribution in [2.75, 3.05) is 33.7 Å². The first-order valence-corrected chi connectivity index (χ1v) is 16.5. The van der Waals surface area contributed by atoms with Crippen molar-refractivity contribution in [3.63, 3.8) is 0 Å². The van der Waals surface area contributed by atoms with Gasteiger partial charge in [0.1, 0.15) is 18.1 Å². The number of methoxy groups -OCH3 is 2. The average Bonchev–Trinajstić information content (AvgIpc) is 3.76. The Morgan fingerprint density at radius 2 is 1.68 bits per heavy atom. The van der Waals surface area contributed by atoms with Gasteiger partial charge >= 0.3 is 0 Å². The minimum atomic E-state index is -2.63. The minimum Gasteiger partial charge on any atom is -0.497 e. The van der Waals surface area contributed by atoms with Crippen molar-refractivity contribution in [3.05, 3.63) is 83.4 Å².